The van der Waals surface area contributed by atoms with E-state index in [1.165, 1.54) is 6.04 Å². The van der Waals surface area contributed by atoms with Crippen molar-refractivity contribution in [1.82, 2.24) is 9.80 Å². The SMILES string of the molecule is CC(C)C[Si](C)(C)OC1CCCN1C#CCN1CCCC1=O. The molecule has 2 aliphatic rings. The molecule has 2 rings (SSSR count). The van der Waals surface area contributed by atoms with Gasteiger partial charge in [0.15, 0.2) is 8.32 Å². The van der Waals surface area contributed by atoms with Crippen molar-refractivity contribution in [1.29, 1.82) is 0 Å². The zero-order valence-electron chi connectivity index (χ0n) is 14.5. The molecule has 0 saturated carbocycles. The van der Waals surface area contributed by atoms with Crippen LogP contribution in [0.15, 0.2) is 0 Å². The lowest BCUT2D eigenvalue weighted by atomic mass is 10.3. The van der Waals surface area contributed by atoms with Gasteiger partial charge in [0.25, 0.3) is 0 Å². The lowest BCUT2D eigenvalue weighted by Gasteiger charge is -2.31. The van der Waals surface area contributed by atoms with Gasteiger partial charge in [-0.05, 0) is 44.3 Å². The van der Waals surface area contributed by atoms with Crippen molar-refractivity contribution in [2.45, 2.75) is 64.9 Å². The summed E-state index contributed by atoms with van der Waals surface area (Å²) in [5.41, 5.74) is 0. The summed E-state index contributed by atoms with van der Waals surface area (Å²) in [5, 5.41) is 0. The topological polar surface area (TPSA) is 32.8 Å². The van der Waals surface area contributed by atoms with E-state index >= 15 is 0 Å². The van der Waals surface area contributed by atoms with Crippen molar-refractivity contribution in [2.75, 3.05) is 19.6 Å². The molecular formula is C17H30N2O2Si. The number of rotatable bonds is 5. The Morgan fingerprint density at radius 2 is 2.09 bits per heavy atom. The summed E-state index contributed by atoms with van der Waals surface area (Å²) in [6, 6.07) is 4.43. The standard InChI is InChI=1S/C17H30N2O2Si/c1-15(2)14-22(3,4)21-17-9-6-11-19(17)13-7-12-18-10-5-8-16(18)20/h15,17H,5-6,8-12,14H2,1-4H3. The van der Waals surface area contributed by atoms with Crippen molar-refractivity contribution in [2.24, 2.45) is 5.92 Å². The summed E-state index contributed by atoms with van der Waals surface area (Å²) in [5.74, 6) is 4.10. The first-order chi connectivity index (χ1) is 10.4. The van der Waals surface area contributed by atoms with E-state index in [-0.39, 0.29) is 12.1 Å². The molecule has 0 N–H and O–H groups in total. The lowest BCUT2D eigenvalue weighted by Crippen LogP contribution is -2.41. The van der Waals surface area contributed by atoms with Crippen molar-refractivity contribution >= 4 is 14.2 Å². The summed E-state index contributed by atoms with van der Waals surface area (Å²) in [6.07, 6.45) is 4.04. The van der Waals surface area contributed by atoms with Crippen LogP contribution in [-0.2, 0) is 9.22 Å². The highest BCUT2D eigenvalue weighted by Gasteiger charge is 2.32. The van der Waals surface area contributed by atoms with Crippen LogP contribution in [0.1, 0.15) is 39.5 Å². The van der Waals surface area contributed by atoms with E-state index in [4.69, 9.17) is 4.43 Å². The monoisotopic (exact) mass is 322 g/mol. The van der Waals surface area contributed by atoms with Crippen molar-refractivity contribution in [3.63, 3.8) is 0 Å². The quantitative estimate of drug-likeness (QED) is 0.576. The second kappa shape index (κ2) is 7.52. The molecule has 22 heavy (non-hydrogen) atoms. The van der Waals surface area contributed by atoms with Crippen LogP contribution in [0, 0.1) is 17.9 Å². The third-order valence-electron chi connectivity index (χ3n) is 4.22. The van der Waals surface area contributed by atoms with Crippen LogP contribution in [-0.4, -0.2) is 49.9 Å². The minimum absolute atomic E-state index is 0.155. The number of hydrogen-bond acceptors (Lipinski definition) is 3. The maximum absolute atomic E-state index is 11.6. The van der Waals surface area contributed by atoms with E-state index in [2.05, 4.69) is 43.8 Å². The van der Waals surface area contributed by atoms with Crippen molar-refractivity contribution in [3.05, 3.63) is 0 Å². The molecule has 0 spiro atoms. The van der Waals surface area contributed by atoms with Crippen LogP contribution in [0.4, 0.5) is 0 Å². The summed E-state index contributed by atoms with van der Waals surface area (Å²) in [7, 11) is -1.62. The third-order valence-corrected chi connectivity index (χ3v) is 6.93. The largest absolute Gasteiger partial charge is 0.397 e. The number of carbonyl (C=O) groups excluding carboxylic acids is 1. The van der Waals surface area contributed by atoms with E-state index in [9.17, 15) is 4.79 Å². The van der Waals surface area contributed by atoms with Gasteiger partial charge in [-0.25, -0.2) is 0 Å². The Morgan fingerprint density at radius 3 is 2.73 bits per heavy atom. The molecule has 1 atom stereocenters. The predicted octanol–water partition coefficient (Wildman–Crippen LogP) is 2.87. The number of likely N-dealkylation sites (tertiary alicyclic amines) is 2. The number of carbonyl (C=O) groups is 1. The Hall–Kier alpha value is -0.993. The Kier molecular flexibility index (Phi) is 5.93. The van der Waals surface area contributed by atoms with Gasteiger partial charge < -0.3 is 14.2 Å². The zero-order valence-corrected chi connectivity index (χ0v) is 15.5. The van der Waals surface area contributed by atoms with E-state index in [0.717, 1.165) is 32.4 Å². The molecule has 0 bridgehead atoms. The minimum atomic E-state index is -1.62. The lowest BCUT2D eigenvalue weighted by molar-refractivity contribution is -0.127. The van der Waals surface area contributed by atoms with E-state index < -0.39 is 8.32 Å². The van der Waals surface area contributed by atoms with Gasteiger partial charge in [0.2, 0.25) is 5.91 Å². The first-order valence-corrected chi connectivity index (χ1v) is 11.7. The highest BCUT2D eigenvalue weighted by atomic mass is 28.4. The zero-order chi connectivity index (χ0) is 16.2. The molecule has 1 unspecified atom stereocenters. The first kappa shape index (κ1) is 17.4. The van der Waals surface area contributed by atoms with Crippen LogP contribution in [0.3, 0.4) is 0 Å². The van der Waals surface area contributed by atoms with Gasteiger partial charge in [-0.3, -0.25) is 4.79 Å². The highest BCUT2D eigenvalue weighted by Crippen LogP contribution is 2.25. The molecule has 1 amide bonds. The maximum Gasteiger partial charge on any atom is 0.223 e. The molecule has 2 saturated heterocycles. The molecule has 4 nitrogen and oxygen atoms in total. The van der Waals surface area contributed by atoms with Crippen LogP contribution in [0.5, 0.6) is 0 Å². The first-order valence-electron chi connectivity index (χ1n) is 8.58. The summed E-state index contributed by atoms with van der Waals surface area (Å²) < 4.78 is 6.45. The highest BCUT2D eigenvalue weighted by molar-refractivity contribution is 6.71. The molecule has 0 aromatic heterocycles. The second-order valence-corrected chi connectivity index (χ2v) is 11.6. The number of hydrogen-bond donors (Lipinski definition) is 0. The van der Waals surface area contributed by atoms with Crippen molar-refractivity contribution in [3.8, 4) is 12.0 Å². The normalized spacial score (nSPS) is 22.4. The minimum Gasteiger partial charge on any atom is -0.397 e. The molecule has 2 aliphatic heterocycles. The van der Waals surface area contributed by atoms with Gasteiger partial charge in [-0.15, -0.1) is 0 Å². The Labute approximate surface area is 136 Å². The van der Waals surface area contributed by atoms with Crippen molar-refractivity contribution < 1.29 is 9.22 Å². The third kappa shape index (κ3) is 5.03. The van der Waals surface area contributed by atoms with Crippen LogP contribution < -0.4 is 0 Å². The van der Waals surface area contributed by atoms with Gasteiger partial charge >= 0.3 is 0 Å². The van der Waals surface area contributed by atoms with Crippen LogP contribution >= 0.6 is 0 Å². The fraction of sp³-hybridized carbons (Fsp3) is 0.824. The van der Waals surface area contributed by atoms with Gasteiger partial charge in [0, 0.05) is 25.6 Å². The molecule has 2 heterocycles. The molecule has 2 fully saturated rings. The molecule has 0 aromatic rings. The fourth-order valence-corrected chi connectivity index (χ4v) is 6.53. The molecule has 0 aliphatic carbocycles. The maximum atomic E-state index is 11.6. The average Bonchev–Trinajstić information content (AvgIpc) is 2.98. The second-order valence-electron chi connectivity index (χ2n) is 7.47. The molecule has 5 heteroatoms. The average molecular weight is 323 g/mol. The van der Waals surface area contributed by atoms with Crippen LogP contribution in [0.2, 0.25) is 19.1 Å². The van der Waals surface area contributed by atoms with Gasteiger partial charge in [0.1, 0.15) is 6.23 Å². The molecular weight excluding hydrogens is 292 g/mol. The Balaban J connectivity index is 1.86. The number of amides is 1. The van der Waals surface area contributed by atoms with E-state index in [0.29, 0.717) is 18.9 Å². The van der Waals surface area contributed by atoms with Gasteiger partial charge in [-0.1, -0.05) is 19.8 Å². The fourth-order valence-electron chi connectivity index (χ4n) is 3.49. The summed E-state index contributed by atoms with van der Waals surface area (Å²) in [6.45, 7) is 11.5. The van der Waals surface area contributed by atoms with Gasteiger partial charge in [0.05, 0.1) is 6.54 Å². The summed E-state index contributed by atoms with van der Waals surface area (Å²) in [4.78, 5) is 15.6. The van der Waals surface area contributed by atoms with E-state index in [1.54, 1.807) is 0 Å². The summed E-state index contributed by atoms with van der Waals surface area (Å²) >= 11 is 0. The molecule has 0 radical (unpaired) electrons. The van der Waals surface area contributed by atoms with Crippen LogP contribution in [0.25, 0.3) is 0 Å². The predicted molar refractivity (Wildman–Crippen MR) is 91.5 cm³/mol. The smallest absolute Gasteiger partial charge is 0.223 e. The number of nitrogens with zero attached hydrogens (tertiary/aromatic N) is 2. The van der Waals surface area contributed by atoms with Gasteiger partial charge in [-0.2, -0.15) is 0 Å². The van der Waals surface area contributed by atoms with E-state index in [1.807, 2.05) is 4.90 Å². The Morgan fingerprint density at radius 1 is 1.32 bits per heavy atom. The molecule has 0 aromatic carbocycles. The Bertz CT molecular complexity index is 453. The molecule has 124 valence electrons.